The van der Waals surface area contributed by atoms with Crippen LogP contribution >= 0.6 is 7.60 Å². The third-order valence-corrected chi connectivity index (χ3v) is 4.04. The van der Waals surface area contributed by atoms with Gasteiger partial charge in [0.1, 0.15) is 0 Å². The van der Waals surface area contributed by atoms with Crippen LogP contribution in [0.15, 0.2) is 30.3 Å². The van der Waals surface area contributed by atoms with E-state index in [0.717, 1.165) is 0 Å². The first kappa shape index (κ1) is 12.4. The van der Waals surface area contributed by atoms with Gasteiger partial charge in [-0.15, -0.1) is 0 Å². The number of aliphatic hydroxyl groups is 1. The summed E-state index contributed by atoms with van der Waals surface area (Å²) in [6.07, 6.45) is -0.874. The van der Waals surface area contributed by atoms with Crippen molar-refractivity contribution in [2.45, 2.75) is 6.10 Å². The largest absolute Gasteiger partial charge is 0.388 e. The van der Waals surface area contributed by atoms with E-state index >= 15 is 0 Å². The van der Waals surface area contributed by atoms with Crippen LogP contribution in [0.1, 0.15) is 11.7 Å². The Morgan fingerprint density at radius 1 is 1.27 bits per heavy atom. The summed E-state index contributed by atoms with van der Waals surface area (Å²) >= 11 is 0. The molecule has 0 radical (unpaired) electrons. The lowest BCUT2D eigenvalue weighted by Crippen LogP contribution is -2.06. The van der Waals surface area contributed by atoms with Gasteiger partial charge in [0, 0.05) is 14.2 Å². The zero-order valence-corrected chi connectivity index (χ0v) is 9.68. The molecule has 1 atom stereocenters. The van der Waals surface area contributed by atoms with E-state index in [-0.39, 0.29) is 6.16 Å². The zero-order valence-electron chi connectivity index (χ0n) is 8.79. The SMILES string of the molecule is COP(=O)(CC(O)c1ccccc1)OC. The quantitative estimate of drug-likeness (QED) is 0.788. The fraction of sp³-hybridized carbons (Fsp3) is 0.400. The first-order chi connectivity index (χ1) is 7.11. The molecule has 0 fully saturated rings. The number of hydrogen-bond acceptors (Lipinski definition) is 4. The van der Waals surface area contributed by atoms with Crippen molar-refractivity contribution < 1.29 is 18.7 Å². The van der Waals surface area contributed by atoms with Crippen LogP contribution < -0.4 is 0 Å². The lowest BCUT2D eigenvalue weighted by molar-refractivity contribution is 0.184. The Morgan fingerprint density at radius 2 is 1.80 bits per heavy atom. The monoisotopic (exact) mass is 230 g/mol. The second-order valence-corrected chi connectivity index (χ2v) is 5.40. The number of rotatable bonds is 5. The number of benzene rings is 1. The highest BCUT2D eigenvalue weighted by atomic mass is 31.2. The molecule has 4 nitrogen and oxygen atoms in total. The van der Waals surface area contributed by atoms with Gasteiger partial charge in [0.25, 0.3) is 0 Å². The zero-order chi connectivity index (χ0) is 11.3. The molecule has 0 aliphatic carbocycles. The molecule has 15 heavy (non-hydrogen) atoms. The minimum absolute atomic E-state index is 0.0377. The van der Waals surface area contributed by atoms with Crippen LogP contribution in [-0.2, 0) is 13.6 Å². The summed E-state index contributed by atoms with van der Waals surface area (Å²) < 4.78 is 21.2. The van der Waals surface area contributed by atoms with E-state index in [2.05, 4.69) is 0 Å². The predicted octanol–water partition coefficient (Wildman–Crippen LogP) is 2.21. The van der Waals surface area contributed by atoms with Crippen molar-refractivity contribution in [2.24, 2.45) is 0 Å². The molecular formula is C10H15O4P. The average molecular weight is 230 g/mol. The second kappa shape index (κ2) is 5.42. The van der Waals surface area contributed by atoms with Gasteiger partial charge < -0.3 is 14.2 Å². The molecule has 0 spiro atoms. The molecule has 0 saturated heterocycles. The van der Waals surface area contributed by atoms with Crippen LogP contribution in [-0.4, -0.2) is 25.5 Å². The molecule has 0 heterocycles. The van der Waals surface area contributed by atoms with Gasteiger partial charge in [0.15, 0.2) is 0 Å². The molecule has 84 valence electrons. The van der Waals surface area contributed by atoms with E-state index in [4.69, 9.17) is 9.05 Å². The first-order valence-electron chi connectivity index (χ1n) is 4.55. The molecule has 0 aromatic heterocycles. The van der Waals surface area contributed by atoms with Gasteiger partial charge in [0.05, 0.1) is 12.3 Å². The molecule has 1 aromatic rings. The maximum atomic E-state index is 11.7. The van der Waals surface area contributed by atoms with Crippen LogP contribution in [0.5, 0.6) is 0 Å². The summed E-state index contributed by atoms with van der Waals surface area (Å²) in [6, 6.07) is 9.00. The maximum Gasteiger partial charge on any atom is 0.333 e. The molecule has 0 amide bonds. The van der Waals surface area contributed by atoms with Crippen LogP contribution in [0.3, 0.4) is 0 Å². The van der Waals surface area contributed by atoms with Gasteiger partial charge in [-0.2, -0.15) is 0 Å². The Kier molecular flexibility index (Phi) is 4.48. The number of hydrogen-bond donors (Lipinski definition) is 1. The molecule has 1 unspecified atom stereocenters. The van der Waals surface area contributed by atoms with E-state index in [1.54, 1.807) is 12.1 Å². The van der Waals surface area contributed by atoms with Crippen LogP contribution in [0, 0.1) is 0 Å². The summed E-state index contributed by atoms with van der Waals surface area (Å²) in [6.45, 7) is 0. The topological polar surface area (TPSA) is 55.8 Å². The van der Waals surface area contributed by atoms with Gasteiger partial charge in [-0.3, -0.25) is 4.57 Å². The Bertz CT molecular complexity index is 331. The lowest BCUT2D eigenvalue weighted by Gasteiger charge is -2.17. The van der Waals surface area contributed by atoms with Crippen LogP contribution in [0.4, 0.5) is 0 Å². The minimum Gasteiger partial charge on any atom is -0.388 e. The lowest BCUT2D eigenvalue weighted by atomic mass is 10.1. The van der Waals surface area contributed by atoms with Crippen molar-refractivity contribution in [1.82, 2.24) is 0 Å². The van der Waals surface area contributed by atoms with E-state index < -0.39 is 13.7 Å². The van der Waals surface area contributed by atoms with Crippen LogP contribution in [0.2, 0.25) is 0 Å². The molecule has 0 bridgehead atoms. The molecule has 0 aliphatic heterocycles. The summed E-state index contributed by atoms with van der Waals surface area (Å²) in [5.41, 5.74) is 0.701. The first-order valence-corrected chi connectivity index (χ1v) is 6.27. The van der Waals surface area contributed by atoms with Crippen molar-refractivity contribution in [3.8, 4) is 0 Å². The van der Waals surface area contributed by atoms with Crippen molar-refractivity contribution >= 4 is 7.60 Å². The fourth-order valence-electron chi connectivity index (χ4n) is 1.22. The average Bonchev–Trinajstić information content (AvgIpc) is 2.30. The molecule has 1 rings (SSSR count). The van der Waals surface area contributed by atoms with E-state index in [1.165, 1.54) is 14.2 Å². The highest BCUT2D eigenvalue weighted by Crippen LogP contribution is 2.49. The van der Waals surface area contributed by atoms with E-state index in [9.17, 15) is 9.67 Å². The summed E-state index contributed by atoms with van der Waals surface area (Å²) in [5.74, 6) is 0. The Hall–Kier alpha value is -0.670. The predicted molar refractivity (Wildman–Crippen MR) is 57.9 cm³/mol. The van der Waals surface area contributed by atoms with E-state index in [0.29, 0.717) is 5.56 Å². The maximum absolute atomic E-state index is 11.7. The smallest absolute Gasteiger partial charge is 0.333 e. The molecule has 0 aliphatic rings. The van der Waals surface area contributed by atoms with Crippen LogP contribution in [0.25, 0.3) is 0 Å². The van der Waals surface area contributed by atoms with Crippen molar-refractivity contribution in [3.05, 3.63) is 35.9 Å². The molecular weight excluding hydrogens is 215 g/mol. The molecule has 1 N–H and O–H groups in total. The number of aliphatic hydroxyl groups excluding tert-OH is 1. The third-order valence-electron chi connectivity index (χ3n) is 2.14. The Balaban J connectivity index is 2.71. The molecule has 1 aromatic carbocycles. The summed E-state index contributed by atoms with van der Waals surface area (Å²) in [5, 5.41) is 9.79. The van der Waals surface area contributed by atoms with Crippen molar-refractivity contribution in [1.29, 1.82) is 0 Å². The molecule has 5 heteroatoms. The molecule has 0 saturated carbocycles. The Labute approximate surface area is 89.4 Å². The van der Waals surface area contributed by atoms with Crippen molar-refractivity contribution in [3.63, 3.8) is 0 Å². The normalized spacial score (nSPS) is 13.8. The van der Waals surface area contributed by atoms with Gasteiger partial charge in [0.2, 0.25) is 0 Å². The van der Waals surface area contributed by atoms with E-state index in [1.807, 2.05) is 18.2 Å². The fourth-order valence-corrected chi connectivity index (χ4v) is 2.30. The highest BCUT2D eigenvalue weighted by Gasteiger charge is 2.26. The van der Waals surface area contributed by atoms with Gasteiger partial charge in [-0.1, -0.05) is 30.3 Å². The highest BCUT2D eigenvalue weighted by molar-refractivity contribution is 7.53. The standard InChI is InChI=1S/C10H15O4P/c1-13-15(12,14-2)8-10(11)9-6-4-3-5-7-9/h3-7,10-11H,8H2,1-2H3. The van der Waals surface area contributed by atoms with Gasteiger partial charge in [-0.25, -0.2) is 0 Å². The van der Waals surface area contributed by atoms with Crippen molar-refractivity contribution in [2.75, 3.05) is 20.4 Å². The second-order valence-electron chi connectivity index (χ2n) is 3.09. The minimum atomic E-state index is -3.15. The van der Waals surface area contributed by atoms with Gasteiger partial charge in [-0.05, 0) is 5.56 Å². The summed E-state index contributed by atoms with van der Waals surface area (Å²) in [4.78, 5) is 0. The third kappa shape index (κ3) is 3.43. The van der Waals surface area contributed by atoms with Gasteiger partial charge >= 0.3 is 7.60 Å². The summed E-state index contributed by atoms with van der Waals surface area (Å²) in [7, 11) is -0.538. The Morgan fingerprint density at radius 3 is 2.27 bits per heavy atom.